The molecular formula is C23H27N3O3. The second-order valence-electron chi connectivity index (χ2n) is 7.71. The average Bonchev–Trinajstić information content (AvgIpc) is 3.11. The Hall–Kier alpha value is -2.99. The molecule has 1 aliphatic rings. The number of ether oxygens (including phenoxy) is 1. The van der Waals surface area contributed by atoms with Gasteiger partial charge in [0.05, 0.1) is 7.11 Å². The Morgan fingerprint density at radius 1 is 1.10 bits per heavy atom. The van der Waals surface area contributed by atoms with Gasteiger partial charge in [-0.25, -0.2) is 0 Å². The van der Waals surface area contributed by atoms with Crippen LogP contribution in [0.5, 0.6) is 5.75 Å². The number of fused-ring (bicyclic) bond motifs is 1. The lowest BCUT2D eigenvalue weighted by atomic mass is 10.0. The number of carboxylic acids is 1. The van der Waals surface area contributed by atoms with Gasteiger partial charge in [-0.2, -0.15) is 0 Å². The van der Waals surface area contributed by atoms with Crippen LogP contribution in [0, 0.1) is 13.8 Å². The molecule has 0 radical (unpaired) electrons. The molecule has 6 heteroatoms. The largest absolute Gasteiger partial charge is 0.497 e. The highest BCUT2D eigenvalue weighted by Gasteiger charge is 2.32. The number of carboxylic acid groups (broad SMARTS) is 1. The molecule has 0 aliphatic carbocycles. The number of hydrogen-bond donors (Lipinski definition) is 2. The summed E-state index contributed by atoms with van der Waals surface area (Å²) in [4.78, 5) is 19.9. The summed E-state index contributed by atoms with van der Waals surface area (Å²) >= 11 is 0. The predicted molar refractivity (Wildman–Crippen MR) is 115 cm³/mol. The van der Waals surface area contributed by atoms with Gasteiger partial charge in [0.15, 0.2) is 0 Å². The van der Waals surface area contributed by atoms with Gasteiger partial charge in [0, 0.05) is 54.5 Å². The summed E-state index contributed by atoms with van der Waals surface area (Å²) in [7, 11) is 1.62. The minimum atomic E-state index is -0.825. The highest BCUT2D eigenvalue weighted by molar-refractivity contribution is 5.90. The molecule has 1 atom stereocenters. The second-order valence-corrected chi connectivity index (χ2v) is 7.71. The number of carbonyl (C=O) groups is 1. The number of aromatic nitrogens is 1. The van der Waals surface area contributed by atoms with Gasteiger partial charge in [0.2, 0.25) is 0 Å². The van der Waals surface area contributed by atoms with Crippen molar-refractivity contribution in [3.05, 3.63) is 59.3 Å². The summed E-state index contributed by atoms with van der Waals surface area (Å²) in [5.74, 6) is -0.101. The lowest BCUT2D eigenvalue weighted by molar-refractivity contribution is -0.143. The average molecular weight is 393 g/mol. The highest BCUT2D eigenvalue weighted by atomic mass is 16.5. The van der Waals surface area contributed by atoms with E-state index in [-0.39, 0.29) is 0 Å². The van der Waals surface area contributed by atoms with E-state index in [4.69, 9.17) is 4.74 Å². The van der Waals surface area contributed by atoms with Crippen molar-refractivity contribution < 1.29 is 14.6 Å². The topological polar surface area (TPSA) is 68.8 Å². The van der Waals surface area contributed by atoms with Crippen molar-refractivity contribution in [1.29, 1.82) is 0 Å². The fourth-order valence-corrected chi connectivity index (χ4v) is 4.34. The number of piperazine rings is 1. The van der Waals surface area contributed by atoms with Crippen LogP contribution < -0.4 is 9.64 Å². The molecule has 29 heavy (non-hydrogen) atoms. The van der Waals surface area contributed by atoms with Crippen molar-refractivity contribution in [3.8, 4) is 5.75 Å². The van der Waals surface area contributed by atoms with Crippen molar-refractivity contribution in [3.63, 3.8) is 0 Å². The maximum atomic E-state index is 12.2. The molecule has 2 heterocycles. The van der Waals surface area contributed by atoms with Crippen LogP contribution in [-0.2, 0) is 4.79 Å². The first-order valence-corrected chi connectivity index (χ1v) is 9.92. The molecule has 1 aliphatic heterocycles. The van der Waals surface area contributed by atoms with Gasteiger partial charge in [-0.3, -0.25) is 9.69 Å². The Balaban J connectivity index is 1.57. The lowest BCUT2D eigenvalue weighted by Crippen LogP contribution is -2.49. The standard InChI is InChI=1S/C23H27N3O3/c1-15-4-7-21(16(2)12-15)25-8-10-26(11-9-25)22(23(27)28)19-14-24-20-6-5-17(29-3)13-18(19)20/h4-7,12-14,22,24H,8-11H2,1-3H3,(H,27,28)/t22-/m1/s1. The molecule has 1 aromatic heterocycles. The van der Waals surface area contributed by atoms with Crippen molar-refractivity contribution in [2.45, 2.75) is 19.9 Å². The number of methoxy groups -OCH3 is 1. The smallest absolute Gasteiger partial charge is 0.325 e. The number of aryl methyl sites for hydroxylation is 2. The number of anilines is 1. The number of nitrogens with one attached hydrogen (secondary N) is 1. The molecular weight excluding hydrogens is 366 g/mol. The van der Waals surface area contributed by atoms with Gasteiger partial charge in [-0.05, 0) is 43.7 Å². The maximum absolute atomic E-state index is 12.2. The number of H-pyrrole nitrogens is 1. The molecule has 2 aromatic carbocycles. The fraction of sp³-hybridized carbons (Fsp3) is 0.348. The number of benzene rings is 2. The first-order chi connectivity index (χ1) is 14.0. The number of aromatic amines is 1. The molecule has 2 N–H and O–H groups in total. The summed E-state index contributed by atoms with van der Waals surface area (Å²) in [6.07, 6.45) is 1.82. The van der Waals surface area contributed by atoms with Crippen molar-refractivity contribution in [2.75, 3.05) is 38.2 Å². The van der Waals surface area contributed by atoms with E-state index in [0.29, 0.717) is 13.1 Å². The fourth-order valence-electron chi connectivity index (χ4n) is 4.34. The molecule has 1 saturated heterocycles. The Morgan fingerprint density at radius 2 is 1.86 bits per heavy atom. The van der Waals surface area contributed by atoms with E-state index < -0.39 is 12.0 Å². The number of nitrogens with zero attached hydrogens (tertiary/aromatic N) is 2. The van der Waals surface area contributed by atoms with Gasteiger partial charge >= 0.3 is 5.97 Å². The van der Waals surface area contributed by atoms with Gasteiger partial charge < -0.3 is 19.7 Å². The van der Waals surface area contributed by atoms with Crippen LogP contribution in [0.1, 0.15) is 22.7 Å². The lowest BCUT2D eigenvalue weighted by Gasteiger charge is -2.39. The first kappa shape index (κ1) is 19.3. The molecule has 0 amide bonds. The number of aliphatic carboxylic acids is 1. The Morgan fingerprint density at radius 3 is 2.52 bits per heavy atom. The predicted octanol–water partition coefficient (Wildman–Crippen LogP) is 3.74. The Kier molecular flexibility index (Phi) is 5.20. The number of hydrogen-bond acceptors (Lipinski definition) is 4. The molecule has 6 nitrogen and oxygen atoms in total. The summed E-state index contributed by atoms with van der Waals surface area (Å²) in [6.45, 7) is 7.23. The van der Waals surface area contributed by atoms with Gasteiger partial charge in [-0.15, -0.1) is 0 Å². The zero-order chi connectivity index (χ0) is 20.5. The minimum absolute atomic E-state index is 0.683. The molecule has 0 bridgehead atoms. The summed E-state index contributed by atoms with van der Waals surface area (Å²) in [6, 6.07) is 11.5. The van der Waals surface area contributed by atoms with Crippen molar-refractivity contribution in [1.82, 2.24) is 9.88 Å². The van der Waals surface area contributed by atoms with E-state index in [0.717, 1.165) is 35.3 Å². The van der Waals surface area contributed by atoms with Crippen LogP contribution in [0.25, 0.3) is 10.9 Å². The SMILES string of the molecule is COc1ccc2[nH]cc([C@H](C(=O)O)N3CCN(c4ccc(C)cc4C)CC3)c2c1. The van der Waals surface area contributed by atoms with Crippen LogP contribution in [-0.4, -0.2) is 54.2 Å². The first-order valence-electron chi connectivity index (χ1n) is 9.92. The van der Waals surface area contributed by atoms with Gasteiger partial charge in [0.1, 0.15) is 11.8 Å². The summed E-state index contributed by atoms with van der Waals surface area (Å²) in [5, 5.41) is 10.9. The van der Waals surface area contributed by atoms with Crippen molar-refractivity contribution in [2.24, 2.45) is 0 Å². The van der Waals surface area contributed by atoms with E-state index in [1.54, 1.807) is 7.11 Å². The van der Waals surface area contributed by atoms with Crippen LogP contribution in [0.15, 0.2) is 42.6 Å². The second kappa shape index (κ2) is 7.79. The third-order valence-electron chi connectivity index (χ3n) is 5.82. The third-order valence-corrected chi connectivity index (χ3v) is 5.82. The zero-order valence-electron chi connectivity index (χ0n) is 17.1. The van der Waals surface area contributed by atoms with Crippen molar-refractivity contribution >= 4 is 22.6 Å². The van der Waals surface area contributed by atoms with Crippen LogP contribution in [0.2, 0.25) is 0 Å². The van der Waals surface area contributed by atoms with E-state index >= 15 is 0 Å². The van der Waals surface area contributed by atoms with Crippen LogP contribution >= 0.6 is 0 Å². The van der Waals surface area contributed by atoms with E-state index in [1.807, 2.05) is 24.4 Å². The summed E-state index contributed by atoms with van der Waals surface area (Å²) < 4.78 is 5.33. The summed E-state index contributed by atoms with van der Waals surface area (Å²) in [5.41, 5.74) is 5.45. The molecule has 0 saturated carbocycles. The third kappa shape index (κ3) is 3.68. The Bertz CT molecular complexity index is 1040. The number of rotatable bonds is 5. The molecule has 1 fully saturated rings. The van der Waals surface area contributed by atoms with E-state index in [2.05, 4.69) is 46.8 Å². The van der Waals surface area contributed by atoms with E-state index in [1.165, 1.54) is 16.8 Å². The maximum Gasteiger partial charge on any atom is 0.325 e. The molecule has 152 valence electrons. The Labute approximate surface area is 170 Å². The van der Waals surface area contributed by atoms with Crippen LogP contribution in [0.4, 0.5) is 5.69 Å². The minimum Gasteiger partial charge on any atom is -0.497 e. The quantitative estimate of drug-likeness (QED) is 0.691. The van der Waals surface area contributed by atoms with E-state index in [9.17, 15) is 9.90 Å². The van der Waals surface area contributed by atoms with Gasteiger partial charge in [-0.1, -0.05) is 17.7 Å². The van der Waals surface area contributed by atoms with Crippen LogP contribution in [0.3, 0.4) is 0 Å². The molecule has 3 aromatic rings. The normalized spacial score (nSPS) is 16.2. The monoisotopic (exact) mass is 393 g/mol. The highest BCUT2D eigenvalue weighted by Crippen LogP contribution is 2.32. The van der Waals surface area contributed by atoms with Gasteiger partial charge in [0.25, 0.3) is 0 Å². The zero-order valence-corrected chi connectivity index (χ0v) is 17.1. The molecule has 4 rings (SSSR count). The molecule has 0 unspecified atom stereocenters. The molecule has 0 spiro atoms.